The maximum atomic E-state index is 12.5. The molecule has 1 aliphatic heterocycles. The van der Waals surface area contributed by atoms with E-state index in [-0.39, 0.29) is 17.9 Å². The monoisotopic (exact) mass is 399 g/mol. The summed E-state index contributed by atoms with van der Waals surface area (Å²) >= 11 is 5.90. The van der Waals surface area contributed by atoms with Gasteiger partial charge in [0.25, 0.3) is 5.91 Å². The topological polar surface area (TPSA) is 52.7 Å². The second kappa shape index (κ2) is 9.71. The van der Waals surface area contributed by atoms with Gasteiger partial charge >= 0.3 is 0 Å². The van der Waals surface area contributed by atoms with Crippen molar-refractivity contribution in [3.05, 3.63) is 70.7 Å². The SMILES string of the molecule is CN(Cc1ccc(Cl)cc1)C(=O)CN1CCC(NC(=O)c2ccccc2)CC1. The Morgan fingerprint density at radius 3 is 2.36 bits per heavy atom. The van der Waals surface area contributed by atoms with Crippen LogP contribution in [0.1, 0.15) is 28.8 Å². The molecule has 0 atom stereocenters. The molecule has 0 spiro atoms. The molecule has 148 valence electrons. The highest BCUT2D eigenvalue weighted by molar-refractivity contribution is 6.30. The molecule has 0 aliphatic carbocycles. The molecule has 0 unspecified atom stereocenters. The predicted octanol–water partition coefficient (Wildman–Crippen LogP) is 3.19. The molecule has 6 heteroatoms. The van der Waals surface area contributed by atoms with Gasteiger partial charge in [-0.15, -0.1) is 0 Å². The van der Waals surface area contributed by atoms with E-state index in [0.29, 0.717) is 23.7 Å². The molecule has 1 aliphatic rings. The van der Waals surface area contributed by atoms with Crippen LogP contribution in [0.25, 0.3) is 0 Å². The Balaban J connectivity index is 1.41. The van der Waals surface area contributed by atoms with Gasteiger partial charge in [-0.2, -0.15) is 0 Å². The van der Waals surface area contributed by atoms with Crippen LogP contribution < -0.4 is 5.32 Å². The van der Waals surface area contributed by atoms with Crippen molar-refractivity contribution in [2.24, 2.45) is 0 Å². The van der Waals surface area contributed by atoms with Gasteiger partial charge in [-0.1, -0.05) is 41.9 Å². The van der Waals surface area contributed by atoms with Crippen LogP contribution in [-0.4, -0.2) is 54.3 Å². The Bertz CT molecular complexity index is 787. The van der Waals surface area contributed by atoms with Crippen LogP contribution in [-0.2, 0) is 11.3 Å². The van der Waals surface area contributed by atoms with Gasteiger partial charge in [-0.05, 0) is 42.7 Å². The number of hydrogen-bond donors (Lipinski definition) is 1. The Morgan fingerprint density at radius 2 is 1.71 bits per heavy atom. The molecular formula is C22H26ClN3O2. The molecule has 0 aromatic heterocycles. The zero-order chi connectivity index (χ0) is 19.9. The summed E-state index contributed by atoms with van der Waals surface area (Å²) in [5, 5.41) is 3.79. The lowest BCUT2D eigenvalue weighted by atomic mass is 10.0. The molecule has 0 radical (unpaired) electrons. The van der Waals surface area contributed by atoms with Gasteiger partial charge in [0.2, 0.25) is 5.91 Å². The molecule has 2 aromatic rings. The van der Waals surface area contributed by atoms with Gasteiger partial charge in [0.15, 0.2) is 0 Å². The first-order valence-corrected chi connectivity index (χ1v) is 9.96. The Labute approximate surface area is 171 Å². The van der Waals surface area contributed by atoms with Crippen molar-refractivity contribution in [2.75, 3.05) is 26.7 Å². The number of benzene rings is 2. The molecule has 1 heterocycles. The minimum absolute atomic E-state index is 0.0298. The fourth-order valence-corrected chi connectivity index (χ4v) is 3.48. The van der Waals surface area contributed by atoms with Crippen LogP contribution in [0.3, 0.4) is 0 Å². The molecule has 0 saturated carbocycles. The number of likely N-dealkylation sites (tertiary alicyclic amines) is 1. The number of carbonyl (C=O) groups excluding carboxylic acids is 2. The summed E-state index contributed by atoms with van der Waals surface area (Å²) in [4.78, 5) is 28.7. The van der Waals surface area contributed by atoms with Crippen LogP contribution in [0.4, 0.5) is 0 Å². The average molecular weight is 400 g/mol. The van der Waals surface area contributed by atoms with Gasteiger partial charge < -0.3 is 10.2 Å². The maximum Gasteiger partial charge on any atom is 0.251 e. The van der Waals surface area contributed by atoms with E-state index in [2.05, 4.69) is 10.2 Å². The summed E-state index contributed by atoms with van der Waals surface area (Å²) < 4.78 is 0. The molecule has 3 rings (SSSR count). The van der Waals surface area contributed by atoms with Gasteiger partial charge in [0.05, 0.1) is 6.54 Å². The number of hydrogen-bond acceptors (Lipinski definition) is 3. The fraction of sp³-hybridized carbons (Fsp3) is 0.364. The lowest BCUT2D eigenvalue weighted by molar-refractivity contribution is -0.131. The third-order valence-corrected chi connectivity index (χ3v) is 5.33. The van der Waals surface area contributed by atoms with E-state index < -0.39 is 0 Å². The normalized spacial score (nSPS) is 15.2. The van der Waals surface area contributed by atoms with Crippen LogP contribution in [0, 0.1) is 0 Å². The van der Waals surface area contributed by atoms with E-state index in [1.54, 1.807) is 4.90 Å². The second-order valence-corrected chi connectivity index (χ2v) is 7.70. The quantitative estimate of drug-likeness (QED) is 0.811. The largest absolute Gasteiger partial charge is 0.349 e. The summed E-state index contributed by atoms with van der Waals surface area (Å²) in [5.74, 6) is 0.0690. The van der Waals surface area contributed by atoms with E-state index in [1.807, 2.05) is 61.6 Å². The lowest BCUT2D eigenvalue weighted by Crippen LogP contribution is -2.47. The molecule has 5 nitrogen and oxygen atoms in total. The number of rotatable bonds is 6. The summed E-state index contributed by atoms with van der Waals surface area (Å²) in [7, 11) is 1.82. The van der Waals surface area contributed by atoms with Crippen molar-refractivity contribution in [3.63, 3.8) is 0 Å². The summed E-state index contributed by atoms with van der Waals surface area (Å²) in [6.45, 7) is 2.59. The van der Waals surface area contributed by atoms with Crippen molar-refractivity contribution >= 4 is 23.4 Å². The first-order chi connectivity index (χ1) is 13.5. The van der Waals surface area contributed by atoms with E-state index in [9.17, 15) is 9.59 Å². The minimum Gasteiger partial charge on any atom is -0.349 e. The maximum absolute atomic E-state index is 12.5. The van der Waals surface area contributed by atoms with E-state index in [4.69, 9.17) is 11.6 Å². The van der Waals surface area contributed by atoms with E-state index in [0.717, 1.165) is 31.5 Å². The van der Waals surface area contributed by atoms with Gasteiger partial charge in [-0.25, -0.2) is 0 Å². The van der Waals surface area contributed by atoms with Crippen molar-refractivity contribution in [2.45, 2.75) is 25.4 Å². The van der Waals surface area contributed by atoms with Crippen molar-refractivity contribution < 1.29 is 9.59 Å². The molecule has 2 amide bonds. The molecule has 1 N–H and O–H groups in total. The van der Waals surface area contributed by atoms with Crippen LogP contribution in [0.15, 0.2) is 54.6 Å². The molecule has 1 fully saturated rings. The summed E-state index contributed by atoms with van der Waals surface area (Å²) in [6.07, 6.45) is 1.71. The number of amides is 2. The predicted molar refractivity (Wildman–Crippen MR) is 111 cm³/mol. The van der Waals surface area contributed by atoms with Gasteiger partial charge in [-0.3, -0.25) is 14.5 Å². The van der Waals surface area contributed by atoms with Gasteiger partial charge in [0, 0.05) is 43.3 Å². The molecule has 2 aromatic carbocycles. The molecule has 28 heavy (non-hydrogen) atoms. The highest BCUT2D eigenvalue weighted by Gasteiger charge is 2.23. The number of halogens is 1. The zero-order valence-electron chi connectivity index (χ0n) is 16.1. The lowest BCUT2D eigenvalue weighted by Gasteiger charge is -2.32. The van der Waals surface area contributed by atoms with Crippen LogP contribution in [0.5, 0.6) is 0 Å². The number of nitrogens with one attached hydrogen (secondary N) is 1. The smallest absolute Gasteiger partial charge is 0.251 e. The molecular weight excluding hydrogens is 374 g/mol. The van der Waals surface area contributed by atoms with E-state index >= 15 is 0 Å². The number of carbonyl (C=O) groups is 2. The summed E-state index contributed by atoms with van der Waals surface area (Å²) in [5.41, 5.74) is 1.74. The number of likely N-dealkylation sites (N-methyl/N-ethyl adjacent to an activating group) is 1. The van der Waals surface area contributed by atoms with Crippen molar-refractivity contribution in [1.29, 1.82) is 0 Å². The summed E-state index contributed by atoms with van der Waals surface area (Å²) in [6, 6.07) is 17.0. The van der Waals surface area contributed by atoms with Crippen LogP contribution in [0.2, 0.25) is 5.02 Å². The fourth-order valence-electron chi connectivity index (χ4n) is 3.36. The van der Waals surface area contributed by atoms with Gasteiger partial charge in [0.1, 0.15) is 0 Å². The number of nitrogens with zero attached hydrogens (tertiary/aromatic N) is 2. The van der Waals surface area contributed by atoms with Crippen molar-refractivity contribution in [1.82, 2.24) is 15.1 Å². The standard InChI is InChI=1S/C22H26ClN3O2/c1-25(15-17-7-9-19(23)10-8-17)21(27)16-26-13-11-20(12-14-26)24-22(28)18-5-3-2-4-6-18/h2-10,20H,11-16H2,1H3,(H,24,28). The molecule has 0 bridgehead atoms. The second-order valence-electron chi connectivity index (χ2n) is 7.27. The first-order valence-electron chi connectivity index (χ1n) is 9.58. The Morgan fingerprint density at radius 1 is 1.07 bits per heavy atom. The number of piperidine rings is 1. The Hall–Kier alpha value is -2.37. The third-order valence-electron chi connectivity index (χ3n) is 5.08. The zero-order valence-corrected chi connectivity index (χ0v) is 16.9. The highest BCUT2D eigenvalue weighted by atomic mass is 35.5. The van der Waals surface area contributed by atoms with Crippen LogP contribution >= 0.6 is 11.6 Å². The minimum atomic E-state index is -0.0298. The molecule has 1 saturated heterocycles. The Kier molecular flexibility index (Phi) is 7.06. The highest BCUT2D eigenvalue weighted by Crippen LogP contribution is 2.13. The third kappa shape index (κ3) is 5.81. The van der Waals surface area contributed by atoms with E-state index in [1.165, 1.54) is 0 Å². The first kappa shape index (κ1) is 20.4. The average Bonchev–Trinajstić information content (AvgIpc) is 2.71. The van der Waals surface area contributed by atoms with Crippen molar-refractivity contribution in [3.8, 4) is 0 Å².